The Labute approximate surface area is 111 Å². The molecule has 19 heavy (non-hydrogen) atoms. The van der Waals surface area contributed by atoms with Crippen molar-refractivity contribution in [2.45, 2.75) is 18.7 Å². The molecule has 0 radical (unpaired) electrons. The number of hydrogen-bond acceptors (Lipinski definition) is 4. The highest BCUT2D eigenvalue weighted by Gasteiger charge is 2.21. The Bertz CT molecular complexity index is 678. The molecule has 102 valence electrons. The van der Waals surface area contributed by atoms with E-state index in [1.807, 2.05) is 13.8 Å². The van der Waals surface area contributed by atoms with Crippen LogP contribution in [-0.4, -0.2) is 25.7 Å². The van der Waals surface area contributed by atoms with Crippen LogP contribution >= 0.6 is 0 Å². The van der Waals surface area contributed by atoms with Crippen molar-refractivity contribution in [2.24, 2.45) is 0 Å². The first-order valence-electron chi connectivity index (χ1n) is 5.61. The molecule has 0 bridgehead atoms. The van der Waals surface area contributed by atoms with Gasteiger partial charge in [-0.15, -0.1) is 0 Å². The van der Waals surface area contributed by atoms with Crippen LogP contribution in [0.3, 0.4) is 0 Å². The van der Waals surface area contributed by atoms with Gasteiger partial charge in [0.15, 0.2) is 0 Å². The van der Waals surface area contributed by atoms with Gasteiger partial charge in [0.05, 0.1) is 13.3 Å². The lowest BCUT2D eigenvalue weighted by molar-refractivity contribution is 0.402. The number of aryl methyl sites for hydroxylation is 2. The molecular weight excluding hydrogens is 266 g/mol. The van der Waals surface area contributed by atoms with Crippen LogP contribution in [0.25, 0.3) is 0 Å². The molecule has 0 saturated heterocycles. The molecule has 2 N–H and O–H groups in total. The smallest absolute Gasteiger partial charge is 0.266 e. The van der Waals surface area contributed by atoms with E-state index in [2.05, 4.69) is 14.9 Å². The van der Waals surface area contributed by atoms with Crippen LogP contribution in [0.1, 0.15) is 11.1 Å². The molecule has 0 unspecified atom stereocenters. The second-order valence-corrected chi connectivity index (χ2v) is 5.81. The summed E-state index contributed by atoms with van der Waals surface area (Å²) in [5, 5.41) is 6.24. The molecule has 0 atom stereocenters. The molecule has 1 aromatic heterocycles. The lowest BCUT2D eigenvalue weighted by Gasteiger charge is -2.12. The predicted molar refractivity (Wildman–Crippen MR) is 71.9 cm³/mol. The molecule has 2 aromatic rings. The molecule has 6 nitrogen and oxygen atoms in total. The number of anilines is 1. The molecule has 2 rings (SSSR count). The zero-order valence-corrected chi connectivity index (χ0v) is 11.7. The van der Waals surface area contributed by atoms with E-state index < -0.39 is 10.0 Å². The number of hydrogen-bond donors (Lipinski definition) is 2. The maximum atomic E-state index is 12.3. The van der Waals surface area contributed by atoms with Crippen molar-refractivity contribution < 1.29 is 13.2 Å². The lowest BCUT2D eigenvalue weighted by atomic mass is 10.1. The summed E-state index contributed by atoms with van der Waals surface area (Å²) in [4.78, 5) is 0.104. The summed E-state index contributed by atoms with van der Waals surface area (Å²) < 4.78 is 32.2. The second-order valence-electron chi connectivity index (χ2n) is 4.16. The summed E-state index contributed by atoms with van der Waals surface area (Å²) >= 11 is 0. The van der Waals surface area contributed by atoms with Gasteiger partial charge in [-0.25, -0.2) is 8.42 Å². The summed E-state index contributed by atoms with van der Waals surface area (Å²) in [6.07, 6.45) is 1.47. The molecule has 1 heterocycles. The van der Waals surface area contributed by atoms with Gasteiger partial charge in [-0.2, -0.15) is 5.10 Å². The van der Waals surface area contributed by atoms with Crippen molar-refractivity contribution in [1.82, 2.24) is 10.2 Å². The number of rotatable bonds is 4. The standard InChI is InChI=1S/C12H15N3O3S/c1-8-6-10(18-3)11(7-9(8)2)19(16,17)15-12-4-5-13-14-12/h4-7H,1-3H3,(H2,13,14,15). The van der Waals surface area contributed by atoms with Crippen LogP contribution in [0.5, 0.6) is 5.75 Å². The van der Waals surface area contributed by atoms with Gasteiger partial charge in [-0.05, 0) is 37.1 Å². The molecule has 0 spiro atoms. The van der Waals surface area contributed by atoms with Crippen molar-refractivity contribution >= 4 is 15.8 Å². The Morgan fingerprint density at radius 2 is 1.95 bits per heavy atom. The number of benzene rings is 1. The minimum absolute atomic E-state index is 0.104. The number of nitrogens with zero attached hydrogens (tertiary/aromatic N) is 1. The van der Waals surface area contributed by atoms with Gasteiger partial charge in [0.1, 0.15) is 16.5 Å². The Balaban J connectivity index is 2.48. The van der Waals surface area contributed by atoms with Crippen LogP contribution in [0.15, 0.2) is 29.3 Å². The summed E-state index contributed by atoms with van der Waals surface area (Å²) in [6.45, 7) is 3.75. The first kappa shape index (κ1) is 13.4. The van der Waals surface area contributed by atoms with E-state index in [0.717, 1.165) is 11.1 Å². The number of nitrogens with one attached hydrogen (secondary N) is 2. The van der Waals surface area contributed by atoms with E-state index in [4.69, 9.17) is 4.74 Å². The molecule has 0 aliphatic carbocycles. The van der Waals surface area contributed by atoms with Gasteiger partial charge in [0.25, 0.3) is 10.0 Å². The summed E-state index contributed by atoms with van der Waals surface area (Å²) in [5.41, 5.74) is 1.85. The highest BCUT2D eigenvalue weighted by atomic mass is 32.2. The minimum Gasteiger partial charge on any atom is -0.495 e. The van der Waals surface area contributed by atoms with Gasteiger partial charge in [-0.3, -0.25) is 9.82 Å². The van der Waals surface area contributed by atoms with Crippen molar-refractivity contribution in [3.8, 4) is 5.75 Å². The van der Waals surface area contributed by atoms with Crippen LogP contribution in [0.4, 0.5) is 5.82 Å². The van der Waals surface area contributed by atoms with E-state index in [1.54, 1.807) is 12.1 Å². The molecule has 0 aliphatic rings. The van der Waals surface area contributed by atoms with Crippen molar-refractivity contribution in [3.63, 3.8) is 0 Å². The molecular formula is C12H15N3O3S. The summed E-state index contributed by atoms with van der Waals surface area (Å²) in [6, 6.07) is 4.83. The van der Waals surface area contributed by atoms with E-state index in [-0.39, 0.29) is 4.90 Å². The normalized spacial score (nSPS) is 11.3. The third-order valence-corrected chi connectivity index (χ3v) is 4.20. The van der Waals surface area contributed by atoms with Gasteiger partial charge in [-0.1, -0.05) is 0 Å². The third kappa shape index (κ3) is 2.70. The average Bonchev–Trinajstić information content (AvgIpc) is 2.84. The quantitative estimate of drug-likeness (QED) is 0.895. The van der Waals surface area contributed by atoms with Crippen LogP contribution in [0.2, 0.25) is 0 Å². The zero-order chi connectivity index (χ0) is 14.0. The number of aromatic nitrogens is 2. The average molecular weight is 281 g/mol. The lowest BCUT2D eigenvalue weighted by Crippen LogP contribution is -2.15. The Morgan fingerprint density at radius 3 is 2.53 bits per heavy atom. The fraction of sp³-hybridized carbons (Fsp3) is 0.250. The van der Waals surface area contributed by atoms with Crippen molar-refractivity contribution in [1.29, 1.82) is 0 Å². The largest absolute Gasteiger partial charge is 0.495 e. The third-order valence-electron chi connectivity index (χ3n) is 2.81. The molecule has 1 aromatic carbocycles. The number of ether oxygens (including phenoxy) is 1. The van der Waals surface area contributed by atoms with Crippen molar-refractivity contribution in [3.05, 3.63) is 35.5 Å². The highest BCUT2D eigenvalue weighted by molar-refractivity contribution is 7.92. The molecule has 7 heteroatoms. The summed E-state index contributed by atoms with van der Waals surface area (Å²) in [5.74, 6) is 0.621. The molecule has 0 amide bonds. The number of aromatic amines is 1. The Hall–Kier alpha value is -2.02. The first-order valence-corrected chi connectivity index (χ1v) is 7.10. The predicted octanol–water partition coefficient (Wildman–Crippen LogP) is 1.84. The van der Waals surface area contributed by atoms with Gasteiger partial charge in [0.2, 0.25) is 0 Å². The molecule has 0 aliphatic heterocycles. The van der Waals surface area contributed by atoms with Crippen LogP contribution in [0, 0.1) is 13.8 Å². The maximum Gasteiger partial charge on any atom is 0.266 e. The first-order chi connectivity index (χ1) is 8.94. The Morgan fingerprint density at radius 1 is 1.26 bits per heavy atom. The summed E-state index contributed by atoms with van der Waals surface area (Å²) in [7, 11) is -2.27. The topological polar surface area (TPSA) is 84.1 Å². The fourth-order valence-electron chi connectivity index (χ4n) is 1.65. The van der Waals surface area contributed by atoms with Crippen LogP contribution < -0.4 is 9.46 Å². The monoisotopic (exact) mass is 281 g/mol. The fourth-order valence-corrected chi connectivity index (χ4v) is 2.90. The number of sulfonamides is 1. The van der Waals surface area contributed by atoms with E-state index in [9.17, 15) is 8.42 Å². The number of methoxy groups -OCH3 is 1. The highest BCUT2D eigenvalue weighted by Crippen LogP contribution is 2.28. The van der Waals surface area contributed by atoms with E-state index >= 15 is 0 Å². The van der Waals surface area contributed by atoms with E-state index in [1.165, 1.54) is 19.4 Å². The second kappa shape index (κ2) is 4.93. The molecule has 0 fully saturated rings. The SMILES string of the molecule is COc1cc(C)c(C)cc1S(=O)(=O)Nc1ccn[nH]1. The Kier molecular flexibility index (Phi) is 3.48. The van der Waals surface area contributed by atoms with Gasteiger partial charge >= 0.3 is 0 Å². The minimum atomic E-state index is -3.71. The van der Waals surface area contributed by atoms with Gasteiger partial charge in [0, 0.05) is 6.07 Å². The van der Waals surface area contributed by atoms with Crippen LogP contribution in [-0.2, 0) is 10.0 Å². The zero-order valence-electron chi connectivity index (χ0n) is 10.9. The van der Waals surface area contributed by atoms with E-state index in [0.29, 0.717) is 11.6 Å². The number of H-pyrrole nitrogens is 1. The van der Waals surface area contributed by atoms with Crippen molar-refractivity contribution in [2.75, 3.05) is 11.8 Å². The van der Waals surface area contributed by atoms with Gasteiger partial charge < -0.3 is 4.74 Å². The maximum absolute atomic E-state index is 12.3. The molecule has 0 saturated carbocycles.